The van der Waals surface area contributed by atoms with E-state index in [9.17, 15) is 23.2 Å². The van der Waals surface area contributed by atoms with Gasteiger partial charge in [-0.2, -0.15) is 0 Å². The molecule has 2 aliphatic heterocycles. The topological polar surface area (TPSA) is 114 Å². The fourth-order valence-electron chi connectivity index (χ4n) is 3.92. The number of carbonyl (C=O) groups is 3. The van der Waals surface area contributed by atoms with Crippen LogP contribution in [0.25, 0.3) is 0 Å². The second kappa shape index (κ2) is 8.21. The van der Waals surface area contributed by atoms with Gasteiger partial charge in [-0.15, -0.1) is 0 Å². The molecule has 1 saturated heterocycles. The summed E-state index contributed by atoms with van der Waals surface area (Å²) in [4.78, 5) is 37.9. The molecule has 2 heterocycles. The van der Waals surface area contributed by atoms with E-state index in [2.05, 4.69) is 10.6 Å². The summed E-state index contributed by atoms with van der Waals surface area (Å²) in [6, 6.07) is 6.15. The highest BCUT2D eigenvalue weighted by Gasteiger charge is 2.44. The highest BCUT2D eigenvalue weighted by atomic mass is 19.1. The van der Waals surface area contributed by atoms with Gasteiger partial charge in [0.25, 0.3) is 0 Å². The van der Waals surface area contributed by atoms with E-state index in [0.29, 0.717) is 24.5 Å². The van der Waals surface area contributed by atoms with Gasteiger partial charge in [0.2, 0.25) is 11.8 Å². The van der Waals surface area contributed by atoms with Gasteiger partial charge in [-0.1, -0.05) is 0 Å². The van der Waals surface area contributed by atoms with Crippen molar-refractivity contribution in [3.63, 3.8) is 0 Å². The zero-order valence-corrected chi connectivity index (χ0v) is 16.4. The number of rotatable bonds is 5. The largest absolute Gasteiger partial charge is 0.493 e. The maximum atomic E-state index is 14.8. The van der Waals surface area contributed by atoms with E-state index >= 15 is 0 Å². The molecule has 162 valence electrons. The van der Waals surface area contributed by atoms with Crippen molar-refractivity contribution in [2.75, 3.05) is 25.0 Å². The molecule has 2 unspecified atom stereocenters. The van der Waals surface area contributed by atoms with Gasteiger partial charge < -0.3 is 26.0 Å². The average Bonchev–Trinajstić information content (AvgIpc) is 3.28. The monoisotopic (exact) mass is 430 g/mol. The third-order valence-corrected chi connectivity index (χ3v) is 5.34. The van der Waals surface area contributed by atoms with E-state index in [-0.39, 0.29) is 18.7 Å². The van der Waals surface area contributed by atoms with E-state index in [4.69, 9.17) is 10.5 Å². The lowest BCUT2D eigenvalue weighted by molar-refractivity contribution is -0.133. The maximum Gasteiger partial charge on any atom is 0.319 e. The van der Waals surface area contributed by atoms with Crippen molar-refractivity contribution in [1.29, 1.82) is 0 Å². The number of hydrogen-bond donors (Lipinski definition) is 3. The summed E-state index contributed by atoms with van der Waals surface area (Å²) in [5.41, 5.74) is 6.60. The number of likely N-dealkylation sites (tertiary alicyclic amines) is 1. The van der Waals surface area contributed by atoms with Crippen molar-refractivity contribution >= 4 is 23.5 Å². The van der Waals surface area contributed by atoms with Gasteiger partial charge in [-0.05, 0) is 41.5 Å². The molecule has 31 heavy (non-hydrogen) atoms. The number of nitrogens with two attached hydrogens (primary N) is 1. The number of fused-ring (bicyclic) bond motifs is 1. The summed E-state index contributed by atoms with van der Waals surface area (Å²) in [5, 5.41) is 5.06. The molecule has 8 nitrogen and oxygen atoms in total. The number of nitrogens with one attached hydrogen (secondary N) is 2. The van der Waals surface area contributed by atoms with Gasteiger partial charge in [0, 0.05) is 30.6 Å². The predicted molar refractivity (Wildman–Crippen MR) is 106 cm³/mol. The van der Waals surface area contributed by atoms with Crippen molar-refractivity contribution in [1.82, 2.24) is 10.2 Å². The molecule has 4 rings (SSSR count). The molecule has 10 heteroatoms. The molecule has 0 saturated carbocycles. The molecule has 4 N–H and O–H groups in total. The van der Waals surface area contributed by atoms with Crippen LogP contribution in [-0.2, 0) is 16.0 Å². The number of anilines is 1. The fourth-order valence-corrected chi connectivity index (χ4v) is 3.92. The Labute approximate surface area is 176 Å². The second-order valence-electron chi connectivity index (χ2n) is 7.45. The second-order valence-corrected chi connectivity index (χ2v) is 7.45. The molecule has 0 radical (unpaired) electrons. The lowest BCUT2D eigenvalue weighted by atomic mass is 9.91. The van der Waals surface area contributed by atoms with Gasteiger partial charge >= 0.3 is 6.03 Å². The summed E-state index contributed by atoms with van der Waals surface area (Å²) < 4.78 is 33.3. The smallest absolute Gasteiger partial charge is 0.319 e. The normalized spacial score (nSPS) is 19.7. The van der Waals surface area contributed by atoms with Crippen LogP contribution in [0.3, 0.4) is 0 Å². The van der Waals surface area contributed by atoms with Gasteiger partial charge in [-0.3, -0.25) is 9.59 Å². The van der Waals surface area contributed by atoms with Crippen LogP contribution in [0.2, 0.25) is 0 Å². The zero-order chi connectivity index (χ0) is 22.1. The number of benzene rings is 2. The van der Waals surface area contributed by atoms with E-state index in [1.165, 1.54) is 35.2 Å². The summed E-state index contributed by atoms with van der Waals surface area (Å²) >= 11 is 0. The molecule has 2 aromatic carbocycles. The molecule has 0 aliphatic carbocycles. The van der Waals surface area contributed by atoms with Crippen LogP contribution in [0.5, 0.6) is 5.75 Å². The summed E-state index contributed by atoms with van der Waals surface area (Å²) in [6.07, 6.45) is 0.609. The number of nitrogens with zero attached hydrogens (tertiary/aromatic N) is 1. The molecular weight excluding hydrogens is 410 g/mol. The van der Waals surface area contributed by atoms with E-state index in [1.807, 2.05) is 0 Å². The maximum absolute atomic E-state index is 14.8. The van der Waals surface area contributed by atoms with Crippen LogP contribution in [0.1, 0.15) is 17.0 Å². The lowest BCUT2D eigenvalue weighted by Gasteiger charge is -2.20. The zero-order valence-electron chi connectivity index (χ0n) is 16.4. The number of halogens is 2. The minimum atomic E-state index is -1.12. The number of amides is 4. The number of ether oxygens (including phenoxy) is 1. The lowest BCUT2D eigenvalue weighted by Crippen LogP contribution is -2.46. The van der Waals surface area contributed by atoms with Gasteiger partial charge in [-0.25, -0.2) is 13.6 Å². The number of hydrogen-bond acceptors (Lipinski definition) is 4. The number of urea groups is 1. The minimum Gasteiger partial charge on any atom is -0.493 e. The Hall–Kier alpha value is -3.69. The molecule has 2 aliphatic rings. The van der Waals surface area contributed by atoms with Crippen LogP contribution >= 0.6 is 0 Å². The first-order valence-corrected chi connectivity index (χ1v) is 9.67. The van der Waals surface area contributed by atoms with Crippen LogP contribution in [0, 0.1) is 11.6 Å². The van der Waals surface area contributed by atoms with Gasteiger partial charge in [0.1, 0.15) is 23.4 Å². The molecule has 0 spiro atoms. The van der Waals surface area contributed by atoms with Crippen molar-refractivity contribution in [2.24, 2.45) is 5.73 Å². The number of carbonyl (C=O) groups excluding carboxylic acids is 3. The molecule has 0 aromatic heterocycles. The van der Waals surface area contributed by atoms with Crippen molar-refractivity contribution in [2.45, 2.75) is 18.4 Å². The van der Waals surface area contributed by atoms with Crippen molar-refractivity contribution in [3.8, 4) is 5.75 Å². The van der Waals surface area contributed by atoms with Gasteiger partial charge in [0.05, 0.1) is 13.2 Å². The van der Waals surface area contributed by atoms with E-state index < -0.39 is 41.4 Å². The van der Waals surface area contributed by atoms with E-state index in [1.54, 1.807) is 6.07 Å². The van der Waals surface area contributed by atoms with Crippen LogP contribution in [-0.4, -0.2) is 48.5 Å². The molecule has 4 amide bonds. The Bertz CT molecular complexity index is 1040. The third kappa shape index (κ3) is 4.27. The minimum absolute atomic E-state index is 0.0137. The first-order chi connectivity index (χ1) is 14.8. The molecule has 1 fully saturated rings. The predicted octanol–water partition coefficient (Wildman–Crippen LogP) is 1.50. The Morgan fingerprint density at radius 3 is 2.65 bits per heavy atom. The first kappa shape index (κ1) is 20.6. The third-order valence-electron chi connectivity index (χ3n) is 5.34. The quantitative estimate of drug-likeness (QED) is 0.667. The van der Waals surface area contributed by atoms with Crippen molar-refractivity contribution < 1.29 is 27.9 Å². The van der Waals surface area contributed by atoms with Gasteiger partial charge in [0.15, 0.2) is 0 Å². The highest BCUT2D eigenvalue weighted by Crippen LogP contribution is 2.36. The first-order valence-electron chi connectivity index (χ1n) is 9.67. The van der Waals surface area contributed by atoms with Crippen LogP contribution < -0.4 is 21.1 Å². The standard InChI is InChI=1S/C21H20F2N4O4/c22-12-1-3-13(4-2-12)25-21(30)26-19-15(9-27(20(19)29)10-18(24)28)14-7-11-5-6-31-17(11)8-16(14)23/h1-4,7-8,15,19H,5-6,9-10H2,(H2,24,28)(H2,25,26,30). The average molecular weight is 430 g/mol. The molecular formula is C21H20F2N4O4. The summed E-state index contributed by atoms with van der Waals surface area (Å²) in [7, 11) is 0. The molecule has 2 atom stereocenters. The Kier molecular flexibility index (Phi) is 5.45. The molecule has 2 aromatic rings. The van der Waals surface area contributed by atoms with Crippen LogP contribution in [0.4, 0.5) is 19.3 Å². The Morgan fingerprint density at radius 1 is 1.19 bits per heavy atom. The fraction of sp³-hybridized carbons (Fsp3) is 0.286. The van der Waals surface area contributed by atoms with E-state index in [0.717, 1.165) is 5.56 Å². The van der Waals surface area contributed by atoms with Crippen molar-refractivity contribution in [3.05, 3.63) is 59.2 Å². The molecule has 0 bridgehead atoms. The van der Waals surface area contributed by atoms with Crippen LogP contribution in [0.15, 0.2) is 36.4 Å². The SMILES string of the molecule is NC(=O)CN1CC(c2cc3c(cc2F)OCC3)C(NC(=O)Nc2ccc(F)cc2)C1=O. The Morgan fingerprint density at radius 2 is 1.94 bits per heavy atom. The summed E-state index contributed by atoms with van der Waals surface area (Å²) in [5.74, 6) is -2.57. The number of primary amides is 1. The summed E-state index contributed by atoms with van der Waals surface area (Å²) in [6.45, 7) is 0.111. The Balaban J connectivity index is 1.59. The highest BCUT2D eigenvalue weighted by molar-refractivity contribution is 5.96.